The van der Waals surface area contributed by atoms with Gasteiger partial charge in [0.25, 0.3) is 0 Å². The molecule has 0 atom stereocenters. The van der Waals surface area contributed by atoms with Crippen molar-refractivity contribution in [3.05, 3.63) is 29.8 Å². The van der Waals surface area contributed by atoms with Gasteiger partial charge in [0.2, 0.25) is 0 Å². The Morgan fingerprint density at radius 1 is 1.33 bits per heavy atom. The topological polar surface area (TPSA) is 26.0 Å². The zero-order chi connectivity index (χ0) is 8.10. The third kappa shape index (κ3) is 3.61. The van der Waals surface area contributed by atoms with Crippen LogP contribution in [-0.2, 0) is 0 Å². The van der Waals surface area contributed by atoms with Gasteiger partial charge in [-0.2, -0.15) is 0 Å². The van der Waals surface area contributed by atoms with E-state index in [1.807, 2.05) is 11.8 Å². The molecular formula is C9H14BrNS. The molecule has 0 saturated carbocycles. The van der Waals surface area contributed by atoms with Crippen LogP contribution < -0.4 is 5.73 Å². The number of thioether (sulfide) groups is 1. The van der Waals surface area contributed by atoms with Gasteiger partial charge in [-0.3, -0.25) is 0 Å². The zero-order valence-electron chi connectivity index (χ0n) is 7.12. The van der Waals surface area contributed by atoms with Crippen molar-refractivity contribution < 1.29 is 0 Å². The highest BCUT2D eigenvalue weighted by atomic mass is 79.9. The van der Waals surface area contributed by atoms with Crippen LogP contribution in [0, 0.1) is 6.92 Å². The lowest BCUT2D eigenvalue weighted by molar-refractivity contribution is 1.14. The molecule has 0 bridgehead atoms. The molecule has 0 heterocycles. The molecule has 0 aliphatic carbocycles. The molecule has 68 valence electrons. The molecule has 1 aromatic rings. The summed E-state index contributed by atoms with van der Waals surface area (Å²) in [5.41, 5.74) is 6.74. The summed E-state index contributed by atoms with van der Waals surface area (Å²) in [5.74, 6) is 1.00. The van der Waals surface area contributed by atoms with Crippen LogP contribution in [0.3, 0.4) is 0 Å². The Kier molecular flexibility index (Phi) is 6.52. The number of rotatable bonds is 3. The van der Waals surface area contributed by atoms with Gasteiger partial charge in [0.1, 0.15) is 0 Å². The van der Waals surface area contributed by atoms with E-state index in [4.69, 9.17) is 5.73 Å². The third-order valence-electron chi connectivity index (χ3n) is 1.47. The Bertz CT molecular complexity index is 228. The minimum atomic E-state index is 0. The second kappa shape index (κ2) is 6.52. The lowest BCUT2D eigenvalue weighted by Crippen LogP contribution is -2.01. The lowest BCUT2D eigenvalue weighted by atomic mass is 10.2. The molecule has 0 radical (unpaired) electrons. The van der Waals surface area contributed by atoms with Crippen LogP contribution in [0.2, 0.25) is 0 Å². The summed E-state index contributed by atoms with van der Waals surface area (Å²) < 4.78 is 0. The van der Waals surface area contributed by atoms with Crippen LogP contribution in [0.25, 0.3) is 0 Å². The van der Waals surface area contributed by atoms with Crippen molar-refractivity contribution in [1.29, 1.82) is 0 Å². The number of hydrogen-bond acceptors (Lipinski definition) is 2. The molecule has 0 aliphatic heterocycles. The molecule has 1 nitrogen and oxygen atoms in total. The first-order valence-electron chi connectivity index (χ1n) is 3.73. The normalized spacial score (nSPS) is 9.17. The minimum Gasteiger partial charge on any atom is -0.330 e. The first-order chi connectivity index (χ1) is 5.34. The number of halogens is 1. The highest BCUT2D eigenvalue weighted by Gasteiger charge is 1.94. The summed E-state index contributed by atoms with van der Waals surface area (Å²) in [4.78, 5) is 1.35. The second-order valence-corrected chi connectivity index (χ2v) is 3.54. The number of benzene rings is 1. The summed E-state index contributed by atoms with van der Waals surface area (Å²) in [5, 5.41) is 0. The predicted octanol–water partition coefficient (Wildman–Crippen LogP) is 2.62. The molecular weight excluding hydrogens is 234 g/mol. The number of hydrogen-bond donors (Lipinski definition) is 1. The SMILES string of the molecule is Br.Cc1ccccc1SCCN. The Morgan fingerprint density at radius 2 is 2.00 bits per heavy atom. The standard InChI is InChI=1S/C9H13NS.BrH/c1-8-4-2-3-5-9(8)11-7-6-10;/h2-5H,6-7,10H2,1H3;1H. The summed E-state index contributed by atoms with van der Waals surface area (Å²) in [6.07, 6.45) is 0. The third-order valence-corrected chi connectivity index (χ3v) is 2.68. The molecule has 0 amide bonds. The Morgan fingerprint density at radius 3 is 2.58 bits per heavy atom. The zero-order valence-corrected chi connectivity index (χ0v) is 9.65. The van der Waals surface area contributed by atoms with Crippen LogP contribution >= 0.6 is 28.7 Å². The molecule has 0 spiro atoms. The Hall–Kier alpha value is 0.01000. The molecule has 3 heteroatoms. The molecule has 1 aromatic carbocycles. The van der Waals surface area contributed by atoms with Gasteiger partial charge < -0.3 is 5.73 Å². The van der Waals surface area contributed by atoms with E-state index in [-0.39, 0.29) is 17.0 Å². The minimum absolute atomic E-state index is 0. The van der Waals surface area contributed by atoms with Gasteiger partial charge in [-0.05, 0) is 18.6 Å². The van der Waals surface area contributed by atoms with E-state index < -0.39 is 0 Å². The van der Waals surface area contributed by atoms with E-state index in [1.165, 1.54) is 10.5 Å². The van der Waals surface area contributed by atoms with Crippen LogP contribution in [-0.4, -0.2) is 12.3 Å². The Balaban J connectivity index is 0.00000121. The van der Waals surface area contributed by atoms with Crippen molar-refractivity contribution in [2.45, 2.75) is 11.8 Å². The Labute approximate surface area is 88.5 Å². The van der Waals surface area contributed by atoms with Crippen molar-refractivity contribution in [3.63, 3.8) is 0 Å². The van der Waals surface area contributed by atoms with E-state index >= 15 is 0 Å². The number of aryl methyl sites for hydroxylation is 1. The maximum absolute atomic E-state index is 5.41. The molecule has 1 rings (SSSR count). The van der Waals surface area contributed by atoms with Crippen LogP contribution in [0.15, 0.2) is 29.2 Å². The fraction of sp³-hybridized carbons (Fsp3) is 0.333. The monoisotopic (exact) mass is 247 g/mol. The summed E-state index contributed by atoms with van der Waals surface area (Å²) in [7, 11) is 0. The highest BCUT2D eigenvalue weighted by Crippen LogP contribution is 2.20. The second-order valence-electron chi connectivity index (χ2n) is 2.40. The molecule has 0 fully saturated rings. The molecule has 12 heavy (non-hydrogen) atoms. The van der Waals surface area contributed by atoms with Crippen LogP contribution in [0.1, 0.15) is 5.56 Å². The summed E-state index contributed by atoms with van der Waals surface area (Å²) >= 11 is 1.82. The summed E-state index contributed by atoms with van der Waals surface area (Å²) in [6.45, 7) is 2.87. The molecule has 0 saturated heterocycles. The van der Waals surface area contributed by atoms with E-state index in [2.05, 4.69) is 31.2 Å². The van der Waals surface area contributed by atoms with E-state index in [0.29, 0.717) is 0 Å². The van der Waals surface area contributed by atoms with E-state index in [9.17, 15) is 0 Å². The average Bonchev–Trinajstić information content (AvgIpc) is 2.03. The highest BCUT2D eigenvalue weighted by molar-refractivity contribution is 8.93. The fourth-order valence-corrected chi connectivity index (χ4v) is 1.70. The summed E-state index contributed by atoms with van der Waals surface area (Å²) in [6, 6.07) is 8.38. The number of nitrogens with two attached hydrogens (primary N) is 1. The van der Waals surface area contributed by atoms with Gasteiger partial charge in [-0.25, -0.2) is 0 Å². The van der Waals surface area contributed by atoms with Gasteiger partial charge >= 0.3 is 0 Å². The van der Waals surface area contributed by atoms with Crippen molar-refractivity contribution in [1.82, 2.24) is 0 Å². The fourth-order valence-electron chi connectivity index (χ4n) is 0.887. The predicted molar refractivity (Wildman–Crippen MR) is 61.3 cm³/mol. The lowest BCUT2D eigenvalue weighted by Gasteiger charge is -2.02. The molecule has 0 aliphatic rings. The van der Waals surface area contributed by atoms with Gasteiger partial charge in [0.15, 0.2) is 0 Å². The van der Waals surface area contributed by atoms with Crippen molar-refractivity contribution in [2.75, 3.05) is 12.3 Å². The largest absolute Gasteiger partial charge is 0.330 e. The molecule has 0 aromatic heterocycles. The smallest absolute Gasteiger partial charge is 0.0103 e. The van der Waals surface area contributed by atoms with Crippen LogP contribution in [0.5, 0.6) is 0 Å². The van der Waals surface area contributed by atoms with Crippen LogP contribution in [0.4, 0.5) is 0 Å². The van der Waals surface area contributed by atoms with E-state index in [1.54, 1.807) is 0 Å². The van der Waals surface area contributed by atoms with Crippen molar-refractivity contribution in [3.8, 4) is 0 Å². The quantitative estimate of drug-likeness (QED) is 0.832. The van der Waals surface area contributed by atoms with Gasteiger partial charge in [0.05, 0.1) is 0 Å². The van der Waals surface area contributed by atoms with Crippen molar-refractivity contribution in [2.24, 2.45) is 5.73 Å². The first-order valence-corrected chi connectivity index (χ1v) is 4.71. The van der Waals surface area contributed by atoms with Gasteiger partial charge in [0, 0.05) is 17.2 Å². The maximum atomic E-state index is 5.41. The van der Waals surface area contributed by atoms with Crippen molar-refractivity contribution >= 4 is 28.7 Å². The van der Waals surface area contributed by atoms with Gasteiger partial charge in [-0.15, -0.1) is 28.7 Å². The van der Waals surface area contributed by atoms with Gasteiger partial charge in [-0.1, -0.05) is 18.2 Å². The average molecular weight is 248 g/mol. The first kappa shape index (κ1) is 12.0. The molecule has 2 N–H and O–H groups in total. The maximum Gasteiger partial charge on any atom is 0.0103 e. The molecule has 0 unspecified atom stereocenters. The van der Waals surface area contributed by atoms with E-state index in [0.717, 1.165) is 12.3 Å².